The van der Waals surface area contributed by atoms with Gasteiger partial charge in [-0.25, -0.2) is 0 Å². The van der Waals surface area contributed by atoms with Crippen LogP contribution in [0.1, 0.15) is 75.6 Å². The fraction of sp³-hybridized carbons (Fsp3) is 0.250. The van der Waals surface area contributed by atoms with Crippen LogP contribution in [0.4, 0.5) is 45.5 Å². The summed E-state index contributed by atoms with van der Waals surface area (Å²) in [5.41, 5.74) is 14.5. The van der Waals surface area contributed by atoms with Gasteiger partial charge in [-0.3, -0.25) is 0 Å². The van der Waals surface area contributed by atoms with Gasteiger partial charge in [-0.1, -0.05) is 102 Å². The van der Waals surface area contributed by atoms with Gasteiger partial charge in [0.25, 0.3) is 0 Å². The molecule has 0 spiro atoms. The Labute approximate surface area is 306 Å². The van der Waals surface area contributed by atoms with E-state index in [2.05, 4.69) is 188 Å². The second kappa shape index (κ2) is 17.6. The van der Waals surface area contributed by atoms with Gasteiger partial charge in [0.15, 0.2) is 0 Å². The third-order valence-corrected chi connectivity index (χ3v) is 9.47. The van der Waals surface area contributed by atoms with Crippen LogP contribution in [0.5, 0.6) is 0 Å². The molecule has 0 aliphatic rings. The number of anilines is 8. The highest BCUT2D eigenvalue weighted by atomic mass is 15.1. The van der Waals surface area contributed by atoms with Crippen molar-refractivity contribution in [1.82, 2.24) is 0 Å². The molecule has 0 fully saturated rings. The van der Waals surface area contributed by atoms with Gasteiger partial charge in [0.1, 0.15) is 0 Å². The Bertz CT molecular complexity index is 1660. The van der Waals surface area contributed by atoms with E-state index in [4.69, 9.17) is 0 Å². The number of hydrogen-bond donors (Lipinski definition) is 1. The molecule has 0 heterocycles. The highest BCUT2D eigenvalue weighted by Crippen LogP contribution is 2.38. The molecule has 260 valence electrons. The molecule has 0 saturated carbocycles. The van der Waals surface area contributed by atoms with Gasteiger partial charge in [0.2, 0.25) is 0 Å². The quantitative estimate of drug-likeness (QED) is 0.110. The van der Waals surface area contributed by atoms with Crippen LogP contribution in [0.3, 0.4) is 0 Å². The van der Waals surface area contributed by atoms with Crippen LogP contribution in [0.15, 0.2) is 146 Å². The molecule has 0 amide bonds. The lowest BCUT2D eigenvalue weighted by molar-refractivity contribution is 0.921. The minimum absolute atomic E-state index is 1.05. The zero-order valence-corrected chi connectivity index (χ0v) is 30.9. The highest BCUT2D eigenvalue weighted by molar-refractivity contribution is 5.80. The molecule has 0 aliphatic carbocycles. The maximum atomic E-state index is 3.64. The van der Waals surface area contributed by atoms with E-state index < -0.39 is 0 Å². The van der Waals surface area contributed by atoms with Crippen LogP contribution in [-0.2, 0) is 25.7 Å². The van der Waals surface area contributed by atoms with E-state index in [1.807, 2.05) is 0 Å². The largest absolute Gasteiger partial charge is 0.356 e. The van der Waals surface area contributed by atoms with Gasteiger partial charge < -0.3 is 15.1 Å². The van der Waals surface area contributed by atoms with Crippen molar-refractivity contribution in [2.75, 3.05) is 15.1 Å². The summed E-state index contributed by atoms with van der Waals surface area (Å²) >= 11 is 0. The third-order valence-electron chi connectivity index (χ3n) is 9.47. The van der Waals surface area contributed by atoms with E-state index in [1.54, 1.807) is 0 Å². The minimum Gasteiger partial charge on any atom is -0.356 e. The summed E-state index contributed by atoms with van der Waals surface area (Å²) in [4.78, 5) is 4.70. The number of benzene rings is 6. The first-order chi connectivity index (χ1) is 25.1. The Balaban J connectivity index is 1.23. The van der Waals surface area contributed by atoms with E-state index >= 15 is 0 Å². The topological polar surface area (TPSA) is 18.5 Å². The number of hydrogen-bond acceptors (Lipinski definition) is 3. The van der Waals surface area contributed by atoms with E-state index in [0.717, 1.165) is 74.1 Å². The molecule has 3 heteroatoms. The van der Waals surface area contributed by atoms with Gasteiger partial charge >= 0.3 is 0 Å². The zero-order chi connectivity index (χ0) is 35.4. The smallest absolute Gasteiger partial charge is 0.0463 e. The third kappa shape index (κ3) is 9.10. The molecule has 0 bridgehead atoms. The molecule has 6 aromatic rings. The van der Waals surface area contributed by atoms with Gasteiger partial charge in [-0.15, -0.1) is 0 Å². The summed E-state index contributed by atoms with van der Waals surface area (Å²) in [5, 5.41) is 3.64. The molecule has 0 atom stereocenters. The van der Waals surface area contributed by atoms with Gasteiger partial charge in [-0.05, 0) is 145 Å². The Morgan fingerprint density at radius 3 is 0.686 bits per heavy atom. The van der Waals surface area contributed by atoms with Crippen molar-refractivity contribution in [3.8, 4) is 0 Å². The zero-order valence-electron chi connectivity index (χ0n) is 30.9. The summed E-state index contributed by atoms with van der Waals surface area (Å²) in [7, 11) is 0. The first-order valence-electron chi connectivity index (χ1n) is 19.0. The predicted molar refractivity (Wildman–Crippen MR) is 222 cm³/mol. The van der Waals surface area contributed by atoms with Gasteiger partial charge in [-0.2, -0.15) is 0 Å². The monoisotopic (exact) mass is 671 g/mol. The first kappa shape index (κ1) is 35.5. The van der Waals surface area contributed by atoms with Crippen molar-refractivity contribution in [3.05, 3.63) is 168 Å². The van der Waals surface area contributed by atoms with Crippen LogP contribution < -0.4 is 15.1 Å². The molecule has 0 aliphatic heterocycles. The van der Waals surface area contributed by atoms with Crippen molar-refractivity contribution < 1.29 is 0 Å². The van der Waals surface area contributed by atoms with Crippen molar-refractivity contribution >= 4 is 45.5 Å². The Morgan fingerprint density at radius 1 is 0.294 bits per heavy atom. The Morgan fingerprint density at radius 2 is 0.490 bits per heavy atom. The molecular weight excluding hydrogens is 619 g/mol. The van der Waals surface area contributed by atoms with E-state index in [1.165, 1.54) is 45.0 Å². The second-order valence-electron chi connectivity index (χ2n) is 13.6. The van der Waals surface area contributed by atoms with Gasteiger partial charge in [0, 0.05) is 45.5 Å². The van der Waals surface area contributed by atoms with Crippen molar-refractivity contribution in [3.63, 3.8) is 0 Å². The van der Waals surface area contributed by atoms with Crippen LogP contribution >= 0.6 is 0 Å². The predicted octanol–water partition coefficient (Wildman–Crippen LogP) is 14.2. The number of nitrogens with one attached hydrogen (secondary N) is 1. The molecule has 6 aromatic carbocycles. The average molecular weight is 672 g/mol. The molecule has 3 nitrogen and oxygen atoms in total. The lowest BCUT2D eigenvalue weighted by Crippen LogP contribution is -2.10. The fourth-order valence-corrected chi connectivity index (χ4v) is 6.85. The van der Waals surface area contributed by atoms with Gasteiger partial charge in [0.05, 0.1) is 0 Å². The summed E-state index contributed by atoms with van der Waals surface area (Å²) in [6.45, 7) is 8.93. The molecule has 0 aromatic heterocycles. The fourth-order valence-electron chi connectivity index (χ4n) is 6.85. The molecule has 6 rings (SSSR count). The van der Waals surface area contributed by atoms with Crippen LogP contribution in [-0.4, -0.2) is 0 Å². The normalized spacial score (nSPS) is 11.0. The SMILES string of the molecule is CCCc1ccc(N(c2ccc(CCC)cc2)c2ccc(Nc3ccc(N(c4ccc(CCC)cc4)c4ccc(CCC)cc4)cc3)cc2)cc1. The van der Waals surface area contributed by atoms with E-state index in [-0.39, 0.29) is 0 Å². The van der Waals surface area contributed by atoms with Crippen molar-refractivity contribution in [1.29, 1.82) is 0 Å². The van der Waals surface area contributed by atoms with Crippen LogP contribution in [0.2, 0.25) is 0 Å². The Kier molecular flexibility index (Phi) is 12.3. The minimum atomic E-state index is 1.05. The maximum Gasteiger partial charge on any atom is 0.0463 e. The molecular formula is C48H53N3. The molecule has 1 N–H and O–H groups in total. The second-order valence-corrected chi connectivity index (χ2v) is 13.6. The van der Waals surface area contributed by atoms with E-state index in [0.29, 0.717) is 0 Å². The van der Waals surface area contributed by atoms with Crippen molar-refractivity contribution in [2.45, 2.75) is 79.1 Å². The lowest BCUT2D eigenvalue weighted by atomic mass is 10.1. The average Bonchev–Trinajstić information content (AvgIpc) is 3.16. The molecule has 51 heavy (non-hydrogen) atoms. The number of rotatable bonds is 16. The summed E-state index contributed by atoms with van der Waals surface area (Å²) in [5.74, 6) is 0. The lowest BCUT2D eigenvalue weighted by Gasteiger charge is -2.26. The summed E-state index contributed by atoms with van der Waals surface area (Å²) in [6.07, 6.45) is 9.00. The van der Waals surface area contributed by atoms with E-state index in [9.17, 15) is 0 Å². The summed E-state index contributed by atoms with van der Waals surface area (Å²) < 4.78 is 0. The number of aryl methyl sites for hydroxylation is 4. The highest BCUT2D eigenvalue weighted by Gasteiger charge is 2.15. The summed E-state index contributed by atoms with van der Waals surface area (Å²) in [6, 6.07) is 53.7. The maximum absolute atomic E-state index is 3.64. The van der Waals surface area contributed by atoms with Crippen LogP contribution in [0, 0.1) is 0 Å². The molecule has 0 saturated heterocycles. The standard InChI is InChI=1S/C48H53N3/c1-5-9-37-13-25-43(26-14-37)50(44-27-15-38(10-6-2)16-28-44)47-33-21-41(22-34-47)49-42-23-35-48(36-24-42)51(45-29-17-39(11-7-3)18-30-45)46-31-19-40(12-8-4)20-32-46/h13-36,49H,5-12H2,1-4H3. The number of nitrogens with zero attached hydrogens (tertiary/aromatic N) is 2. The molecule has 0 unspecified atom stereocenters. The first-order valence-corrected chi connectivity index (χ1v) is 19.0. The van der Waals surface area contributed by atoms with Crippen molar-refractivity contribution in [2.24, 2.45) is 0 Å². The molecule has 0 radical (unpaired) electrons. The van der Waals surface area contributed by atoms with Crippen LogP contribution in [0.25, 0.3) is 0 Å². The Hall–Kier alpha value is -5.28.